The normalized spacial score (nSPS) is 14.9. The fourth-order valence-corrected chi connectivity index (χ4v) is 3.22. The van der Waals surface area contributed by atoms with E-state index in [2.05, 4.69) is 22.2 Å². The van der Waals surface area contributed by atoms with Gasteiger partial charge in [0.1, 0.15) is 5.82 Å². The molecule has 1 heterocycles. The topological polar surface area (TPSA) is 78.3 Å². The molecule has 2 aromatic rings. The maximum Gasteiger partial charge on any atom is 0.209 e. The van der Waals surface area contributed by atoms with Crippen molar-refractivity contribution in [2.45, 2.75) is 36.8 Å². The van der Waals surface area contributed by atoms with E-state index in [0.717, 1.165) is 11.5 Å². The smallest absolute Gasteiger partial charge is 0.209 e. The second-order valence-corrected chi connectivity index (χ2v) is 6.60. The van der Waals surface area contributed by atoms with Crippen LogP contribution in [-0.2, 0) is 0 Å². The summed E-state index contributed by atoms with van der Waals surface area (Å²) in [7, 11) is 0. The van der Waals surface area contributed by atoms with Crippen molar-refractivity contribution in [1.82, 2.24) is 14.8 Å². The Morgan fingerprint density at radius 3 is 2.70 bits per heavy atom. The lowest BCUT2D eigenvalue weighted by Gasteiger charge is -2.04. The van der Waals surface area contributed by atoms with Gasteiger partial charge in [0.15, 0.2) is 0 Å². The molecule has 1 aliphatic carbocycles. The molecule has 0 N–H and O–H groups in total. The van der Waals surface area contributed by atoms with Crippen LogP contribution in [0, 0.1) is 28.6 Å². The van der Waals surface area contributed by atoms with Crippen LogP contribution in [0.2, 0.25) is 0 Å². The highest BCUT2D eigenvalue weighted by atomic mass is 32.2. The van der Waals surface area contributed by atoms with Gasteiger partial charge in [-0.15, -0.1) is 5.10 Å². The first-order valence-corrected chi connectivity index (χ1v) is 8.72. The highest BCUT2D eigenvalue weighted by Gasteiger charge is 2.30. The zero-order valence-electron chi connectivity index (χ0n) is 12.7. The number of hydrogen-bond donors (Lipinski definition) is 0. The molecule has 1 aliphatic rings. The molecule has 0 saturated heterocycles. The maximum atomic E-state index is 9.15. The standard InChI is InChI=1S/C17H17N5S/c18-10-4-5-13(11-19)12-23-17-20-16(14-8-9-14)22(21-17)15-6-2-1-3-7-15/h1-3,6-7,13-14H,4-5,8-9,12H2/t13-/m1/s1. The molecule has 0 radical (unpaired) electrons. The Hall–Kier alpha value is -2.31. The summed E-state index contributed by atoms with van der Waals surface area (Å²) < 4.78 is 1.93. The van der Waals surface area contributed by atoms with Gasteiger partial charge in [0.25, 0.3) is 0 Å². The molecule has 1 saturated carbocycles. The van der Waals surface area contributed by atoms with Gasteiger partial charge < -0.3 is 0 Å². The van der Waals surface area contributed by atoms with E-state index in [0.29, 0.717) is 29.7 Å². The molecule has 3 rings (SSSR count). The number of para-hydroxylation sites is 1. The van der Waals surface area contributed by atoms with E-state index >= 15 is 0 Å². The molecular weight excluding hydrogens is 306 g/mol. The molecule has 0 aliphatic heterocycles. The predicted octanol–water partition coefficient (Wildman–Crippen LogP) is 3.68. The fourth-order valence-electron chi connectivity index (χ4n) is 2.33. The number of rotatable bonds is 7. The Bertz CT molecular complexity index is 737. The van der Waals surface area contributed by atoms with Crippen LogP contribution in [0.25, 0.3) is 5.69 Å². The SMILES string of the molecule is N#CCC[C@H](C#N)CSc1nc(C2CC2)n(-c2ccccc2)n1. The summed E-state index contributed by atoms with van der Waals surface area (Å²) in [6.45, 7) is 0. The van der Waals surface area contributed by atoms with E-state index in [-0.39, 0.29) is 5.92 Å². The maximum absolute atomic E-state index is 9.15. The molecule has 1 atom stereocenters. The lowest BCUT2D eigenvalue weighted by atomic mass is 10.1. The highest BCUT2D eigenvalue weighted by molar-refractivity contribution is 7.99. The van der Waals surface area contributed by atoms with Crippen molar-refractivity contribution in [3.63, 3.8) is 0 Å². The van der Waals surface area contributed by atoms with E-state index in [9.17, 15) is 0 Å². The summed E-state index contributed by atoms with van der Waals surface area (Å²) in [4.78, 5) is 4.68. The van der Waals surface area contributed by atoms with Gasteiger partial charge in [-0.05, 0) is 31.4 Å². The van der Waals surface area contributed by atoms with E-state index in [4.69, 9.17) is 10.5 Å². The highest BCUT2D eigenvalue weighted by Crippen LogP contribution is 2.40. The molecule has 1 fully saturated rings. The molecule has 1 aromatic heterocycles. The zero-order chi connectivity index (χ0) is 16.1. The number of aromatic nitrogens is 3. The van der Waals surface area contributed by atoms with Crippen LogP contribution < -0.4 is 0 Å². The Morgan fingerprint density at radius 1 is 1.26 bits per heavy atom. The van der Waals surface area contributed by atoms with Gasteiger partial charge in [-0.2, -0.15) is 10.5 Å². The fraction of sp³-hybridized carbons (Fsp3) is 0.412. The zero-order valence-corrected chi connectivity index (χ0v) is 13.5. The Morgan fingerprint density at radius 2 is 2.04 bits per heavy atom. The van der Waals surface area contributed by atoms with Crippen molar-refractivity contribution in [3.8, 4) is 17.8 Å². The number of thioether (sulfide) groups is 1. The monoisotopic (exact) mass is 323 g/mol. The second-order valence-electron chi connectivity index (χ2n) is 5.61. The van der Waals surface area contributed by atoms with Crippen molar-refractivity contribution in [1.29, 1.82) is 10.5 Å². The minimum Gasteiger partial charge on any atom is -0.216 e. The van der Waals surface area contributed by atoms with Gasteiger partial charge >= 0.3 is 0 Å². The van der Waals surface area contributed by atoms with Crippen LogP contribution in [0.5, 0.6) is 0 Å². The summed E-state index contributed by atoms with van der Waals surface area (Å²) in [6, 6.07) is 14.4. The molecule has 0 unspecified atom stereocenters. The summed E-state index contributed by atoms with van der Waals surface area (Å²) in [6.07, 6.45) is 3.35. The van der Waals surface area contributed by atoms with E-state index < -0.39 is 0 Å². The van der Waals surface area contributed by atoms with Gasteiger partial charge in [-0.3, -0.25) is 0 Å². The van der Waals surface area contributed by atoms with Crippen molar-refractivity contribution >= 4 is 11.8 Å². The van der Waals surface area contributed by atoms with Gasteiger partial charge in [0, 0.05) is 18.1 Å². The number of nitriles is 2. The van der Waals surface area contributed by atoms with Crippen LogP contribution in [0.15, 0.2) is 35.5 Å². The summed E-state index contributed by atoms with van der Waals surface area (Å²) in [5.74, 6) is 2.01. The molecule has 0 bridgehead atoms. The predicted molar refractivity (Wildman–Crippen MR) is 88.0 cm³/mol. The second kappa shape index (κ2) is 7.30. The summed E-state index contributed by atoms with van der Waals surface area (Å²) in [5.41, 5.74) is 1.02. The minimum atomic E-state index is -0.132. The van der Waals surface area contributed by atoms with Crippen LogP contribution in [0.3, 0.4) is 0 Å². The quantitative estimate of drug-likeness (QED) is 0.726. The van der Waals surface area contributed by atoms with Gasteiger partial charge in [-0.1, -0.05) is 30.0 Å². The molecule has 5 nitrogen and oxygen atoms in total. The van der Waals surface area contributed by atoms with Crippen LogP contribution in [0.1, 0.15) is 37.4 Å². The third-order valence-electron chi connectivity index (χ3n) is 3.76. The number of hydrogen-bond acceptors (Lipinski definition) is 5. The minimum absolute atomic E-state index is 0.132. The third kappa shape index (κ3) is 3.91. The van der Waals surface area contributed by atoms with E-state index in [1.54, 1.807) is 0 Å². The van der Waals surface area contributed by atoms with Crippen molar-refractivity contribution in [2.24, 2.45) is 5.92 Å². The average molecular weight is 323 g/mol. The van der Waals surface area contributed by atoms with E-state index in [1.165, 1.54) is 24.6 Å². The molecule has 6 heteroatoms. The molecule has 0 spiro atoms. The van der Waals surface area contributed by atoms with Crippen molar-refractivity contribution in [3.05, 3.63) is 36.2 Å². The Kier molecular flexibility index (Phi) is 4.95. The first kappa shape index (κ1) is 15.6. The number of nitrogens with zero attached hydrogens (tertiary/aromatic N) is 5. The Balaban J connectivity index is 1.74. The first-order valence-electron chi connectivity index (χ1n) is 7.73. The molecule has 1 aromatic carbocycles. The lowest BCUT2D eigenvalue weighted by Crippen LogP contribution is -2.02. The molecule has 116 valence electrons. The average Bonchev–Trinajstić information content (AvgIpc) is 3.36. The van der Waals surface area contributed by atoms with Crippen molar-refractivity contribution in [2.75, 3.05) is 5.75 Å². The van der Waals surface area contributed by atoms with Gasteiger partial charge in [0.05, 0.1) is 23.7 Å². The van der Waals surface area contributed by atoms with Crippen LogP contribution in [0.4, 0.5) is 0 Å². The van der Waals surface area contributed by atoms with Crippen LogP contribution in [-0.4, -0.2) is 20.5 Å². The summed E-state index contributed by atoms with van der Waals surface area (Å²) in [5, 5.41) is 23.1. The van der Waals surface area contributed by atoms with E-state index in [1.807, 2.05) is 35.0 Å². The van der Waals surface area contributed by atoms with Gasteiger partial charge in [0.2, 0.25) is 5.16 Å². The first-order chi connectivity index (χ1) is 11.3. The van der Waals surface area contributed by atoms with Crippen molar-refractivity contribution < 1.29 is 0 Å². The third-order valence-corrected chi connectivity index (χ3v) is 4.76. The lowest BCUT2D eigenvalue weighted by molar-refractivity contribution is 0.684. The van der Waals surface area contributed by atoms with Gasteiger partial charge in [-0.25, -0.2) is 9.67 Å². The molecule has 0 amide bonds. The van der Waals surface area contributed by atoms with Crippen LogP contribution >= 0.6 is 11.8 Å². The molecular formula is C17H17N5S. The largest absolute Gasteiger partial charge is 0.216 e. The molecule has 23 heavy (non-hydrogen) atoms. The summed E-state index contributed by atoms with van der Waals surface area (Å²) >= 11 is 1.50. The number of benzene rings is 1. The Labute approximate surface area is 140 Å².